The fraction of sp³-hybridized carbons (Fsp3) is 0.471. The summed E-state index contributed by atoms with van der Waals surface area (Å²) >= 11 is 1.64. The van der Waals surface area contributed by atoms with Crippen LogP contribution in [0, 0.1) is 0 Å². The first kappa shape index (κ1) is 15.5. The van der Waals surface area contributed by atoms with E-state index in [2.05, 4.69) is 4.98 Å². The summed E-state index contributed by atoms with van der Waals surface area (Å²) in [5.41, 5.74) is 1.57. The van der Waals surface area contributed by atoms with Crippen LogP contribution < -0.4 is 0 Å². The highest BCUT2D eigenvalue weighted by Crippen LogP contribution is 2.29. The van der Waals surface area contributed by atoms with E-state index in [9.17, 15) is 9.59 Å². The molecule has 2 amide bonds. The van der Waals surface area contributed by atoms with Crippen LogP contribution in [0.15, 0.2) is 30.6 Å². The zero-order valence-electron chi connectivity index (χ0n) is 13.6. The van der Waals surface area contributed by atoms with Crippen LogP contribution in [0.2, 0.25) is 0 Å². The second kappa shape index (κ2) is 6.12. The fourth-order valence-electron chi connectivity index (χ4n) is 3.10. The molecule has 7 heteroatoms. The minimum absolute atomic E-state index is 0.0223. The average Bonchev–Trinajstić information content (AvgIpc) is 3.17. The van der Waals surface area contributed by atoms with Crippen LogP contribution >= 0.6 is 11.8 Å². The van der Waals surface area contributed by atoms with Gasteiger partial charge in [0.15, 0.2) is 0 Å². The minimum atomic E-state index is -0.329. The van der Waals surface area contributed by atoms with Gasteiger partial charge in [0.05, 0.1) is 18.0 Å². The highest BCUT2D eigenvalue weighted by molar-refractivity contribution is 7.99. The predicted octanol–water partition coefficient (Wildman–Crippen LogP) is 1.40. The average molecular weight is 344 g/mol. The number of aromatic nitrogens is 2. The van der Waals surface area contributed by atoms with E-state index in [1.165, 1.54) is 0 Å². The molecule has 3 heterocycles. The summed E-state index contributed by atoms with van der Waals surface area (Å²) < 4.78 is 1.91. The lowest BCUT2D eigenvalue weighted by Gasteiger charge is -2.27. The molecular formula is C17H20N4O2S. The van der Waals surface area contributed by atoms with E-state index in [1.54, 1.807) is 16.7 Å². The Morgan fingerprint density at radius 3 is 2.96 bits per heavy atom. The number of pyridine rings is 1. The van der Waals surface area contributed by atoms with E-state index < -0.39 is 0 Å². The first-order chi connectivity index (χ1) is 11.6. The van der Waals surface area contributed by atoms with Crippen molar-refractivity contribution in [3.8, 4) is 0 Å². The van der Waals surface area contributed by atoms with Gasteiger partial charge >= 0.3 is 0 Å². The van der Waals surface area contributed by atoms with Gasteiger partial charge in [0.1, 0.15) is 11.7 Å². The topological polar surface area (TPSA) is 57.9 Å². The second-order valence-electron chi connectivity index (χ2n) is 6.43. The number of likely N-dealkylation sites (N-methyl/N-ethyl adjacent to an activating group) is 1. The Balaban J connectivity index is 1.47. The molecule has 1 saturated carbocycles. The van der Waals surface area contributed by atoms with Crippen molar-refractivity contribution in [1.82, 2.24) is 19.2 Å². The lowest BCUT2D eigenvalue weighted by atomic mass is 10.2. The maximum Gasteiger partial charge on any atom is 0.246 e. The summed E-state index contributed by atoms with van der Waals surface area (Å²) in [6.45, 7) is 0. The van der Waals surface area contributed by atoms with Crippen LogP contribution in [0.1, 0.15) is 18.5 Å². The molecule has 1 unspecified atom stereocenters. The van der Waals surface area contributed by atoms with Gasteiger partial charge in [-0.3, -0.25) is 9.59 Å². The number of hydrogen-bond acceptors (Lipinski definition) is 4. The van der Waals surface area contributed by atoms with Crippen LogP contribution in [-0.2, 0) is 16.0 Å². The minimum Gasteiger partial charge on any atom is -0.341 e. The number of carbonyl (C=O) groups is 2. The van der Waals surface area contributed by atoms with Gasteiger partial charge in [-0.05, 0) is 25.0 Å². The van der Waals surface area contributed by atoms with E-state index in [1.807, 2.05) is 46.9 Å². The van der Waals surface area contributed by atoms with E-state index in [0.29, 0.717) is 17.7 Å². The van der Waals surface area contributed by atoms with E-state index in [-0.39, 0.29) is 24.3 Å². The molecule has 24 heavy (non-hydrogen) atoms. The van der Waals surface area contributed by atoms with Crippen molar-refractivity contribution in [1.29, 1.82) is 0 Å². The van der Waals surface area contributed by atoms with Crippen LogP contribution in [0.25, 0.3) is 5.65 Å². The molecule has 1 atom stereocenters. The SMILES string of the molecule is CN(C(=O)C1CSCN1C(=O)Cc1cn2ccccc2n1)C1CC1. The monoisotopic (exact) mass is 344 g/mol. The molecule has 0 N–H and O–H groups in total. The van der Waals surface area contributed by atoms with E-state index in [4.69, 9.17) is 0 Å². The number of hydrogen-bond donors (Lipinski definition) is 0. The number of thioether (sulfide) groups is 1. The molecule has 0 spiro atoms. The first-order valence-electron chi connectivity index (χ1n) is 8.20. The first-order valence-corrected chi connectivity index (χ1v) is 9.35. The molecular weight excluding hydrogens is 324 g/mol. The Kier molecular flexibility index (Phi) is 3.96. The summed E-state index contributed by atoms with van der Waals surface area (Å²) in [5, 5.41) is 0. The number of amides is 2. The van der Waals surface area contributed by atoms with Gasteiger partial charge in [-0.15, -0.1) is 11.8 Å². The standard InChI is InChI=1S/C17H20N4O2S/c1-19(13-5-6-13)17(23)14-10-24-11-21(14)16(22)8-12-9-20-7-3-2-4-15(20)18-12/h2-4,7,9,13-14H,5-6,8,10-11H2,1H3. The molecule has 2 aromatic rings. The van der Waals surface area contributed by atoms with E-state index in [0.717, 1.165) is 24.2 Å². The molecule has 6 nitrogen and oxygen atoms in total. The quantitative estimate of drug-likeness (QED) is 0.841. The molecule has 0 aromatic carbocycles. The molecule has 1 aliphatic carbocycles. The Morgan fingerprint density at radius 2 is 2.21 bits per heavy atom. The van der Waals surface area contributed by atoms with E-state index >= 15 is 0 Å². The lowest BCUT2D eigenvalue weighted by Crippen LogP contribution is -2.48. The maximum absolute atomic E-state index is 12.7. The van der Waals surface area contributed by atoms with Gasteiger partial charge in [-0.25, -0.2) is 4.98 Å². The highest BCUT2D eigenvalue weighted by Gasteiger charge is 2.40. The third kappa shape index (κ3) is 2.88. The van der Waals surface area contributed by atoms with Crippen LogP contribution in [0.4, 0.5) is 0 Å². The number of nitrogens with zero attached hydrogens (tertiary/aromatic N) is 4. The van der Waals surface area contributed by atoms with Gasteiger partial charge in [-0.2, -0.15) is 0 Å². The van der Waals surface area contributed by atoms with Crippen molar-refractivity contribution in [2.45, 2.75) is 31.3 Å². The molecule has 1 saturated heterocycles. The molecule has 2 aliphatic rings. The number of imidazole rings is 1. The summed E-state index contributed by atoms with van der Waals surface area (Å²) in [6.07, 6.45) is 6.19. The normalized spacial score (nSPS) is 20.5. The molecule has 1 aliphatic heterocycles. The second-order valence-corrected chi connectivity index (χ2v) is 7.43. The van der Waals surface area contributed by atoms with Crippen molar-refractivity contribution < 1.29 is 9.59 Å². The van der Waals surface area contributed by atoms with Gasteiger partial charge in [0.2, 0.25) is 11.8 Å². The lowest BCUT2D eigenvalue weighted by molar-refractivity contribution is -0.142. The summed E-state index contributed by atoms with van der Waals surface area (Å²) in [6, 6.07) is 5.81. The maximum atomic E-state index is 12.7. The summed E-state index contributed by atoms with van der Waals surface area (Å²) in [5.74, 6) is 1.32. The van der Waals surface area contributed by atoms with Crippen molar-refractivity contribution in [2.75, 3.05) is 18.7 Å². The summed E-state index contributed by atoms with van der Waals surface area (Å²) in [7, 11) is 1.85. The van der Waals surface area contributed by atoms with Gasteiger partial charge in [0, 0.05) is 31.2 Å². The number of carbonyl (C=O) groups excluding carboxylic acids is 2. The Morgan fingerprint density at radius 1 is 1.38 bits per heavy atom. The zero-order valence-corrected chi connectivity index (χ0v) is 14.4. The largest absolute Gasteiger partial charge is 0.341 e. The fourth-order valence-corrected chi connectivity index (χ4v) is 4.27. The Labute approximate surface area is 144 Å². The smallest absolute Gasteiger partial charge is 0.246 e. The van der Waals surface area contributed by atoms with Crippen molar-refractivity contribution in [3.63, 3.8) is 0 Å². The third-order valence-corrected chi connectivity index (χ3v) is 5.69. The summed E-state index contributed by atoms with van der Waals surface area (Å²) in [4.78, 5) is 33.4. The Hall–Kier alpha value is -2.02. The molecule has 0 bridgehead atoms. The number of rotatable bonds is 4. The third-order valence-electron chi connectivity index (χ3n) is 4.68. The molecule has 4 rings (SSSR count). The zero-order chi connectivity index (χ0) is 16.7. The molecule has 0 radical (unpaired) electrons. The van der Waals surface area contributed by atoms with Crippen LogP contribution in [-0.4, -0.2) is 61.8 Å². The van der Waals surface area contributed by atoms with Gasteiger partial charge in [0.25, 0.3) is 0 Å². The molecule has 126 valence electrons. The van der Waals surface area contributed by atoms with Crippen molar-refractivity contribution >= 4 is 29.2 Å². The van der Waals surface area contributed by atoms with Crippen LogP contribution in [0.5, 0.6) is 0 Å². The van der Waals surface area contributed by atoms with Gasteiger partial charge < -0.3 is 14.2 Å². The Bertz CT molecular complexity index is 753. The number of fused-ring (bicyclic) bond motifs is 1. The molecule has 2 aromatic heterocycles. The molecule has 2 fully saturated rings. The van der Waals surface area contributed by atoms with Crippen LogP contribution in [0.3, 0.4) is 0 Å². The van der Waals surface area contributed by atoms with Crippen molar-refractivity contribution in [3.05, 3.63) is 36.3 Å². The predicted molar refractivity (Wildman–Crippen MR) is 92.6 cm³/mol. The van der Waals surface area contributed by atoms with Crippen molar-refractivity contribution in [2.24, 2.45) is 0 Å². The van der Waals surface area contributed by atoms with Gasteiger partial charge in [-0.1, -0.05) is 6.07 Å². The highest BCUT2D eigenvalue weighted by atomic mass is 32.2.